The van der Waals surface area contributed by atoms with Gasteiger partial charge in [-0.3, -0.25) is 8.97 Å². The molecule has 67 heavy (non-hydrogen) atoms. The molecule has 0 aliphatic heterocycles. The quantitative estimate of drug-likeness (QED) is 0.173. The maximum absolute atomic E-state index is 6.51. The Hall–Kier alpha value is -8.93. The molecule has 0 amide bonds. The van der Waals surface area contributed by atoms with E-state index in [4.69, 9.17) is 9.40 Å². The molecule has 0 fully saturated rings. The van der Waals surface area contributed by atoms with Crippen LogP contribution in [0.5, 0.6) is 0 Å². The summed E-state index contributed by atoms with van der Waals surface area (Å²) in [5.41, 5.74) is 22.5. The van der Waals surface area contributed by atoms with Crippen LogP contribution in [0.3, 0.4) is 0 Å². The molecule has 3 heterocycles. The molecule has 15 rings (SSSR count). The van der Waals surface area contributed by atoms with Crippen LogP contribution in [0, 0.1) is 0 Å². The van der Waals surface area contributed by atoms with E-state index in [1.165, 1.54) is 44.5 Å². The molecule has 13 aromatic rings. The minimum Gasteiger partial charge on any atom is -0.455 e. The predicted molar refractivity (Wildman–Crippen MR) is 273 cm³/mol. The highest BCUT2D eigenvalue weighted by Gasteiger charge is 2.51. The fourth-order valence-corrected chi connectivity index (χ4v) is 11.8. The molecule has 2 aliphatic carbocycles. The minimum atomic E-state index is -0.464. The molecule has 5 heteroatoms. The lowest BCUT2D eigenvalue weighted by Gasteiger charge is -2.32. The Morgan fingerprint density at radius 3 is 1.66 bits per heavy atom. The number of aromatic nitrogens is 3. The van der Waals surface area contributed by atoms with Crippen LogP contribution in [0.2, 0.25) is 0 Å². The first-order chi connectivity index (χ1) is 33.2. The second-order valence-corrected chi connectivity index (χ2v) is 17.9. The molecule has 5 nitrogen and oxygen atoms in total. The van der Waals surface area contributed by atoms with Gasteiger partial charge in [0.25, 0.3) is 0 Å². The van der Waals surface area contributed by atoms with E-state index in [0.29, 0.717) is 0 Å². The number of fused-ring (bicyclic) bond motifs is 18. The van der Waals surface area contributed by atoms with E-state index in [9.17, 15) is 0 Å². The highest BCUT2D eigenvalue weighted by molar-refractivity contribution is 6.09. The highest BCUT2D eigenvalue weighted by Crippen LogP contribution is 2.63. The topological polar surface area (TPSA) is 38.6 Å². The SMILES string of the molecule is c1ccc2c(c1)-c1ccccc1C21c2ccccc2-c2ccc(N(c3ccc(-c4cccc5c4oc4ccccc45)cc3)c3ccc(-n4c5ccccc5n5c6ccccc6nc45)cc3)cc21. The average Bonchev–Trinajstić information content (AvgIpc) is 4.18. The maximum Gasteiger partial charge on any atom is 0.220 e. The largest absolute Gasteiger partial charge is 0.455 e. The monoisotopic (exact) mass is 854 g/mol. The zero-order valence-corrected chi connectivity index (χ0v) is 36.1. The average molecular weight is 855 g/mol. The number of hydrogen-bond acceptors (Lipinski definition) is 3. The molecule has 0 unspecified atom stereocenters. The van der Waals surface area contributed by atoms with Gasteiger partial charge in [0, 0.05) is 39.1 Å². The number of hydrogen-bond donors (Lipinski definition) is 0. The van der Waals surface area contributed by atoms with Crippen LogP contribution in [-0.4, -0.2) is 14.0 Å². The number of rotatable bonds is 5. The first-order valence-electron chi connectivity index (χ1n) is 23.0. The van der Waals surface area contributed by atoms with Crippen molar-refractivity contribution < 1.29 is 4.42 Å². The zero-order chi connectivity index (χ0) is 43.8. The smallest absolute Gasteiger partial charge is 0.220 e. The standard InChI is InChI=1S/C62H38N4O/c1-5-20-51-45(14-1)46-15-2-6-21-52(46)62(51)53-22-7-3-16-47(53)48-37-36-43(38-54(48)62)64(40-30-28-39(29-31-40)44-18-13-19-50-49-17-4-12-27-59(49)67-60(44)50)41-32-34-42(35-33-41)65-57-25-10-11-26-58(57)66-56-24-9-8-23-55(56)63-61(65)66/h1-38H. The van der Waals surface area contributed by atoms with E-state index in [-0.39, 0.29) is 0 Å². The molecule has 0 saturated carbocycles. The number of anilines is 3. The summed E-state index contributed by atoms with van der Waals surface area (Å²) < 4.78 is 11.1. The number of imidazole rings is 2. The van der Waals surface area contributed by atoms with Crippen LogP contribution in [0.25, 0.3) is 88.9 Å². The van der Waals surface area contributed by atoms with Gasteiger partial charge in [-0.2, -0.15) is 0 Å². The van der Waals surface area contributed by atoms with Crippen LogP contribution in [0.15, 0.2) is 235 Å². The fourth-order valence-electron chi connectivity index (χ4n) is 11.8. The Balaban J connectivity index is 0.929. The van der Waals surface area contributed by atoms with Crippen molar-refractivity contribution in [2.24, 2.45) is 0 Å². The van der Waals surface area contributed by atoms with E-state index < -0.39 is 5.41 Å². The molecule has 1 spiro atoms. The van der Waals surface area contributed by atoms with E-state index in [1.54, 1.807) is 0 Å². The molecule has 0 saturated heterocycles. The van der Waals surface area contributed by atoms with Gasteiger partial charge in [-0.15, -0.1) is 0 Å². The molecule has 10 aromatic carbocycles. The normalized spacial score (nSPS) is 13.2. The van der Waals surface area contributed by atoms with Gasteiger partial charge in [-0.25, -0.2) is 4.98 Å². The van der Waals surface area contributed by atoms with Crippen molar-refractivity contribution in [3.05, 3.63) is 253 Å². The van der Waals surface area contributed by atoms with Crippen LogP contribution >= 0.6 is 0 Å². The van der Waals surface area contributed by atoms with Gasteiger partial charge in [0.05, 0.1) is 27.5 Å². The van der Waals surface area contributed by atoms with Gasteiger partial charge in [-0.05, 0) is 129 Å². The van der Waals surface area contributed by atoms with Crippen molar-refractivity contribution in [3.8, 4) is 39.1 Å². The molecular formula is C62H38N4O. The lowest BCUT2D eigenvalue weighted by atomic mass is 9.70. The second kappa shape index (κ2) is 13.6. The van der Waals surface area contributed by atoms with Gasteiger partial charge in [0.2, 0.25) is 5.78 Å². The summed E-state index contributed by atoms with van der Waals surface area (Å²) in [6.45, 7) is 0. The van der Waals surface area contributed by atoms with Crippen LogP contribution in [0.4, 0.5) is 17.1 Å². The number of furan rings is 1. The Kier molecular flexibility index (Phi) is 7.36. The molecular weight excluding hydrogens is 817 g/mol. The van der Waals surface area contributed by atoms with Crippen molar-refractivity contribution in [3.63, 3.8) is 0 Å². The van der Waals surface area contributed by atoms with Crippen LogP contribution < -0.4 is 4.90 Å². The zero-order valence-electron chi connectivity index (χ0n) is 36.1. The summed E-state index contributed by atoms with van der Waals surface area (Å²) in [6.07, 6.45) is 0. The summed E-state index contributed by atoms with van der Waals surface area (Å²) in [6, 6.07) is 83.8. The lowest BCUT2D eigenvalue weighted by molar-refractivity contribution is 0.670. The third kappa shape index (κ3) is 4.89. The van der Waals surface area contributed by atoms with E-state index in [2.05, 4.69) is 232 Å². The van der Waals surface area contributed by atoms with Gasteiger partial charge in [0.1, 0.15) is 11.2 Å². The van der Waals surface area contributed by atoms with Crippen molar-refractivity contribution in [2.45, 2.75) is 5.41 Å². The number of para-hydroxylation sites is 6. The summed E-state index contributed by atoms with van der Waals surface area (Å²) in [7, 11) is 0. The number of nitrogens with zero attached hydrogens (tertiary/aromatic N) is 4. The van der Waals surface area contributed by atoms with Crippen molar-refractivity contribution in [1.29, 1.82) is 0 Å². The Morgan fingerprint density at radius 1 is 0.403 bits per heavy atom. The molecule has 312 valence electrons. The van der Waals surface area contributed by atoms with Gasteiger partial charge >= 0.3 is 0 Å². The Morgan fingerprint density at radius 2 is 0.940 bits per heavy atom. The molecule has 0 radical (unpaired) electrons. The first-order valence-corrected chi connectivity index (χ1v) is 23.0. The Bertz CT molecular complexity index is 4110. The highest BCUT2D eigenvalue weighted by atomic mass is 16.3. The molecule has 2 aliphatic rings. The molecule has 0 bridgehead atoms. The summed E-state index contributed by atoms with van der Waals surface area (Å²) >= 11 is 0. The first kappa shape index (κ1) is 36.4. The Labute approximate surface area is 385 Å². The second-order valence-electron chi connectivity index (χ2n) is 17.9. The molecule has 3 aromatic heterocycles. The van der Waals surface area contributed by atoms with Crippen LogP contribution in [-0.2, 0) is 5.41 Å². The van der Waals surface area contributed by atoms with Gasteiger partial charge < -0.3 is 9.32 Å². The maximum atomic E-state index is 6.51. The fraction of sp³-hybridized carbons (Fsp3) is 0.0161. The minimum absolute atomic E-state index is 0.464. The summed E-state index contributed by atoms with van der Waals surface area (Å²) in [5, 5.41) is 2.25. The van der Waals surface area contributed by atoms with E-state index in [0.717, 1.165) is 83.7 Å². The third-order valence-electron chi connectivity index (χ3n) is 14.6. The lowest BCUT2D eigenvalue weighted by Crippen LogP contribution is -2.26. The van der Waals surface area contributed by atoms with Crippen molar-refractivity contribution in [2.75, 3.05) is 4.90 Å². The molecule has 0 N–H and O–H groups in total. The molecule has 0 atom stereocenters. The summed E-state index contributed by atoms with van der Waals surface area (Å²) in [4.78, 5) is 7.58. The van der Waals surface area contributed by atoms with E-state index in [1.807, 2.05) is 12.1 Å². The predicted octanol–water partition coefficient (Wildman–Crippen LogP) is 15.8. The third-order valence-corrected chi connectivity index (χ3v) is 14.6. The number of benzene rings is 10. The van der Waals surface area contributed by atoms with Gasteiger partial charge in [0.15, 0.2) is 0 Å². The summed E-state index contributed by atoms with van der Waals surface area (Å²) in [5.74, 6) is 0.891. The van der Waals surface area contributed by atoms with Crippen LogP contribution in [0.1, 0.15) is 22.3 Å². The van der Waals surface area contributed by atoms with Crippen molar-refractivity contribution in [1.82, 2.24) is 14.0 Å². The van der Waals surface area contributed by atoms with Gasteiger partial charge in [-0.1, -0.05) is 152 Å². The van der Waals surface area contributed by atoms with E-state index >= 15 is 0 Å². The van der Waals surface area contributed by atoms with Crippen molar-refractivity contribution >= 4 is 66.8 Å².